The number of hydrogen-bond donors (Lipinski definition) is 1. The molecule has 166 valence electrons. The fourth-order valence-corrected chi connectivity index (χ4v) is 5.94. The van der Waals surface area contributed by atoms with Crippen LogP contribution in [0.15, 0.2) is 36.0 Å². The van der Waals surface area contributed by atoms with Gasteiger partial charge in [-0.05, 0) is 86.2 Å². The van der Waals surface area contributed by atoms with E-state index >= 15 is 0 Å². The standard InChI is InChI=1S/C28H49N/c1-5-7-8-10-13-23-14-16-24(17-15-23)22-26-25(6-2)18-19-27(26)28(3,4)20-11-9-12-21-29/h10,13-16,24-27H,5-9,11-12,17-22,29H2,1-4H3. The number of hydrogen-bond acceptors (Lipinski definition) is 1. The van der Waals surface area contributed by atoms with Gasteiger partial charge in [0, 0.05) is 0 Å². The highest BCUT2D eigenvalue weighted by molar-refractivity contribution is 5.33. The Labute approximate surface area is 182 Å². The summed E-state index contributed by atoms with van der Waals surface area (Å²) in [5.74, 6) is 3.50. The van der Waals surface area contributed by atoms with Crippen LogP contribution in [0.3, 0.4) is 0 Å². The molecular formula is C28H49N. The van der Waals surface area contributed by atoms with Crippen LogP contribution in [-0.2, 0) is 0 Å². The van der Waals surface area contributed by atoms with Crippen LogP contribution in [0.25, 0.3) is 0 Å². The van der Waals surface area contributed by atoms with Gasteiger partial charge in [-0.25, -0.2) is 0 Å². The quantitative estimate of drug-likeness (QED) is 0.310. The Morgan fingerprint density at radius 2 is 1.93 bits per heavy atom. The van der Waals surface area contributed by atoms with Crippen LogP contribution >= 0.6 is 0 Å². The van der Waals surface area contributed by atoms with Gasteiger partial charge >= 0.3 is 0 Å². The molecule has 2 aliphatic carbocycles. The van der Waals surface area contributed by atoms with Crippen molar-refractivity contribution in [3.63, 3.8) is 0 Å². The van der Waals surface area contributed by atoms with Crippen LogP contribution in [0.4, 0.5) is 0 Å². The second kappa shape index (κ2) is 12.8. The second-order valence-electron chi connectivity index (χ2n) is 10.4. The first-order chi connectivity index (χ1) is 14.0. The molecular weight excluding hydrogens is 350 g/mol. The molecule has 1 fully saturated rings. The third-order valence-corrected chi connectivity index (χ3v) is 7.85. The van der Waals surface area contributed by atoms with Crippen LogP contribution in [-0.4, -0.2) is 6.54 Å². The average molecular weight is 400 g/mol. The minimum Gasteiger partial charge on any atom is -0.330 e. The lowest BCUT2D eigenvalue weighted by atomic mass is 9.66. The Kier molecular flexibility index (Phi) is 10.8. The third kappa shape index (κ3) is 7.74. The van der Waals surface area contributed by atoms with Crippen molar-refractivity contribution in [1.82, 2.24) is 0 Å². The van der Waals surface area contributed by atoms with Gasteiger partial charge in [-0.15, -0.1) is 0 Å². The van der Waals surface area contributed by atoms with E-state index in [0.717, 1.165) is 30.2 Å². The average Bonchev–Trinajstić information content (AvgIpc) is 3.13. The molecule has 1 heteroatoms. The molecule has 4 unspecified atom stereocenters. The van der Waals surface area contributed by atoms with E-state index in [-0.39, 0.29) is 0 Å². The van der Waals surface area contributed by atoms with Crippen molar-refractivity contribution in [1.29, 1.82) is 0 Å². The van der Waals surface area contributed by atoms with Gasteiger partial charge in [-0.1, -0.05) is 90.2 Å². The maximum absolute atomic E-state index is 5.70. The Balaban J connectivity index is 1.92. The van der Waals surface area contributed by atoms with Crippen molar-refractivity contribution >= 4 is 0 Å². The van der Waals surface area contributed by atoms with Crippen molar-refractivity contribution < 1.29 is 0 Å². The Bertz CT molecular complexity index is 539. The van der Waals surface area contributed by atoms with Crippen molar-refractivity contribution in [2.75, 3.05) is 6.54 Å². The molecule has 0 aromatic rings. The molecule has 0 aliphatic heterocycles. The van der Waals surface area contributed by atoms with Gasteiger partial charge in [0.05, 0.1) is 0 Å². The summed E-state index contributed by atoms with van der Waals surface area (Å²) in [6, 6.07) is 0. The summed E-state index contributed by atoms with van der Waals surface area (Å²) in [7, 11) is 0. The first kappa shape index (κ1) is 24.4. The van der Waals surface area contributed by atoms with E-state index in [0.29, 0.717) is 5.41 Å². The van der Waals surface area contributed by atoms with Gasteiger partial charge in [-0.3, -0.25) is 0 Å². The van der Waals surface area contributed by atoms with Crippen molar-refractivity contribution in [3.05, 3.63) is 36.0 Å². The SMILES string of the molecule is CCCCC=CC1=CCC(CC2C(CC)CCC2C(C)(C)CCCCCN)C=C1. The fraction of sp³-hybridized carbons (Fsp3) is 0.786. The molecule has 0 spiro atoms. The van der Waals surface area contributed by atoms with Crippen LogP contribution in [0.5, 0.6) is 0 Å². The highest BCUT2D eigenvalue weighted by atomic mass is 14.5. The molecule has 0 heterocycles. The van der Waals surface area contributed by atoms with Gasteiger partial charge in [-0.2, -0.15) is 0 Å². The van der Waals surface area contributed by atoms with Gasteiger partial charge < -0.3 is 5.73 Å². The van der Waals surface area contributed by atoms with E-state index in [1.807, 2.05) is 0 Å². The molecule has 0 amide bonds. The lowest BCUT2D eigenvalue weighted by Gasteiger charge is -2.39. The number of nitrogens with two attached hydrogens (primary N) is 1. The minimum absolute atomic E-state index is 0.477. The zero-order chi connectivity index (χ0) is 21.1. The van der Waals surface area contributed by atoms with E-state index in [1.54, 1.807) is 0 Å². The first-order valence-electron chi connectivity index (χ1n) is 12.8. The van der Waals surface area contributed by atoms with Crippen molar-refractivity contribution in [2.45, 2.75) is 105 Å². The van der Waals surface area contributed by atoms with Gasteiger partial charge in [0.15, 0.2) is 0 Å². The second-order valence-corrected chi connectivity index (χ2v) is 10.4. The van der Waals surface area contributed by atoms with Crippen LogP contribution in [0.2, 0.25) is 0 Å². The summed E-state index contributed by atoms with van der Waals surface area (Å²) in [6.07, 6.45) is 28.0. The summed E-state index contributed by atoms with van der Waals surface area (Å²) in [6.45, 7) is 10.6. The Morgan fingerprint density at radius 1 is 1.10 bits per heavy atom. The molecule has 0 aromatic heterocycles. The molecule has 2 N–H and O–H groups in total. The van der Waals surface area contributed by atoms with E-state index in [4.69, 9.17) is 5.73 Å². The topological polar surface area (TPSA) is 26.0 Å². The molecule has 2 aliphatic rings. The fourth-order valence-electron chi connectivity index (χ4n) is 5.94. The minimum atomic E-state index is 0.477. The van der Waals surface area contributed by atoms with E-state index in [9.17, 15) is 0 Å². The van der Waals surface area contributed by atoms with Crippen molar-refractivity contribution in [3.8, 4) is 0 Å². The monoisotopic (exact) mass is 399 g/mol. The number of rotatable bonds is 13. The largest absolute Gasteiger partial charge is 0.330 e. The molecule has 2 rings (SSSR count). The molecule has 0 radical (unpaired) electrons. The molecule has 1 nitrogen and oxygen atoms in total. The third-order valence-electron chi connectivity index (χ3n) is 7.85. The van der Waals surface area contributed by atoms with Gasteiger partial charge in [0.2, 0.25) is 0 Å². The number of allylic oxidation sites excluding steroid dienone is 6. The maximum atomic E-state index is 5.70. The Morgan fingerprint density at radius 3 is 2.59 bits per heavy atom. The normalized spacial score (nSPS) is 27.7. The Hall–Kier alpha value is -0.820. The van der Waals surface area contributed by atoms with Crippen molar-refractivity contribution in [2.24, 2.45) is 34.8 Å². The predicted molar refractivity (Wildman–Crippen MR) is 130 cm³/mol. The smallest absolute Gasteiger partial charge is 0.00773 e. The lowest BCUT2D eigenvalue weighted by Crippen LogP contribution is -2.30. The van der Waals surface area contributed by atoms with Gasteiger partial charge in [0.25, 0.3) is 0 Å². The summed E-state index contributed by atoms with van der Waals surface area (Å²) < 4.78 is 0. The maximum Gasteiger partial charge on any atom is -0.00773 e. The van der Waals surface area contributed by atoms with Crippen LogP contribution < -0.4 is 5.73 Å². The zero-order valence-electron chi connectivity index (χ0n) is 20.0. The van der Waals surface area contributed by atoms with E-state index < -0.39 is 0 Å². The zero-order valence-corrected chi connectivity index (χ0v) is 20.0. The summed E-state index contributed by atoms with van der Waals surface area (Å²) in [4.78, 5) is 0. The molecule has 4 atom stereocenters. The summed E-state index contributed by atoms with van der Waals surface area (Å²) in [5.41, 5.74) is 7.60. The van der Waals surface area contributed by atoms with Crippen LogP contribution in [0, 0.1) is 29.1 Å². The molecule has 0 bridgehead atoms. The lowest BCUT2D eigenvalue weighted by molar-refractivity contribution is 0.114. The van der Waals surface area contributed by atoms with E-state index in [2.05, 4.69) is 58.1 Å². The number of unbranched alkanes of at least 4 members (excludes halogenated alkanes) is 4. The highest BCUT2D eigenvalue weighted by Crippen LogP contribution is 2.52. The van der Waals surface area contributed by atoms with E-state index in [1.165, 1.54) is 82.6 Å². The first-order valence-corrected chi connectivity index (χ1v) is 12.8. The highest BCUT2D eigenvalue weighted by Gasteiger charge is 2.43. The van der Waals surface area contributed by atoms with Crippen LogP contribution in [0.1, 0.15) is 105 Å². The van der Waals surface area contributed by atoms with Gasteiger partial charge in [0.1, 0.15) is 0 Å². The predicted octanol–water partition coefficient (Wildman–Crippen LogP) is 8.22. The molecule has 29 heavy (non-hydrogen) atoms. The molecule has 0 saturated heterocycles. The summed E-state index contributed by atoms with van der Waals surface area (Å²) >= 11 is 0. The molecule has 1 saturated carbocycles. The molecule has 0 aromatic carbocycles. The summed E-state index contributed by atoms with van der Waals surface area (Å²) in [5, 5.41) is 0.